The van der Waals surface area contributed by atoms with Crippen molar-refractivity contribution < 1.29 is 28.9 Å². The molecule has 0 aliphatic carbocycles. The number of aliphatic hydroxyl groups excluding tert-OH is 1. The molecule has 202 valence electrons. The molecule has 3 rings (SSSR count). The summed E-state index contributed by atoms with van der Waals surface area (Å²) >= 11 is 0. The SMILES string of the molecule is COc1ccc(C(=O)CCCCC(=O)N(N)[C@H](CN2CCCC2)[C@H](O)c2ccc(OC)cc2OC)cc1. The number of unbranched alkanes of at least 4 members (excludes halogenated alkanes) is 1. The van der Waals surface area contributed by atoms with Gasteiger partial charge in [-0.15, -0.1) is 0 Å². The minimum Gasteiger partial charge on any atom is -0.497 e. The van der Waals surface area contributed by atoms with Gasteiger partial charge in [0.2, 0.25) is 5.91 Å². The minimum atomic E-state index is -1.05. The van der Waals surface area contributed by atoms with E-state index in [0.717, 1.165) is 30.9 Å². The summed E-state index contributed by atoms with van der Waals surface area (Å²) in [7, 11) is 4.67. The third-order valence-electron chi connectivity index (χ3n) is 6.87. The lowest BCUT2D eigenvalue weighted by atomic mass is 9.99. The van der Waals surface area contributed by atoms with Crippen LogP contribution in [0.2, 0.25) is 0 Å². The van der Waals surface area contributed by atoms with E-state index in [1.165, 1.54) is 7.11 Å². The lowest BCUT2D eigenvalue weighted by Gasteiger charge is -2.35. The first-order chi connectivity index (χ1) is 17.9. The van der Waals surface area contributed by atoms with Crippen molar-refractivity contribution in [2.45, 2.75) is 50.7 Å². The number of rotatable bonds is 14. The molecule has 0 radical (unpaired) electrons. The number of methoxy groups -OCH3 is 3. The number of Topliss-reactive ketones (excluding diaryl/α,β-unsaturated/α-hetero) is 1. The van der Waals surface area contributed by atoms with Gasteiger partial charge in [-0.05, 0) is 75.2 Å². The Balaban J connectivity index is 1.62. The van der Waals surface area contributed by atoms with E-state index in [-0.39, 0.29) is 18.1 Å². The summed E-state index contributed by atoms with van der Waals surface area (Å²) in [5.41, 5.74) is 1.16. The number of nitrogens with two attached hydrogens (primary N) is 1. The predicted octanol–water partition coefficient (Wildman–Crippen LogP) is 3.36. The van der Waals surface area contributed by atoms with Gasteiger partial charge in [0.15, 0.2) is 5.78 Å². The van der Waals surface area contributed by atoms with Crippen molar-refractivity contribution in [2.75, 3.05) is 41.0 Å². The average molecular weight is 514 g/mol. The number of hydrogen-bond acceptors (Lipinski definition) is 8. The van der Waals surface area contributed by atoms with Crippen molar-refractivity contribution in [3.05, 3.63) is 53.6 Å². The molecule has 1 heterocycles. The molecule has 1 aliphatic rings. The fourth-order valence-electron chi connectivity index (χ4n) is 4.64. The number of nitrogens with zero attached hydrogens (tertiary/aromatic N) is 2. The van der Waals surface area contributed by atoms with Crippen molar-refractivity contribution >= 4 is 11.7 Å². The molecule has 1 amide bonds. The number of aliphatic hydroxyl groups is 1. The first-order valence-electron chi connectivity index (χ1n) is 12.7. The minimum absolute atomic E-state index is 0.0219. The Bertz CT molecular complexity index is 1020. The van der Waals surface area contributed by atoms with Crippen LogP contribution in [0.15, 0.2) is 42.5 Å². The van der Waals surface area contributed by atoms with Gasteiger partial charge in [-0.25, -0.2) is 5.84 Å². The van der Waals surface area contributed by atoms with Gasteiger partial charge in [0.1, 0.15) is 23.4 Å². The van der Waals surface area contributed by atoms with Crippen LogP contribution < -0.4 is 20.1 Å². The molecule has 1 fully saturated rings. The van der Waals surface area contributed by atoms with Gasteiger partial charge in [-0.1, -0.05) is 0 Å². The van der Waals surface area contributed by atoms with Gasteiger partial charge in [-0.3, -0.25) is 14.6 Å². The second kappa shape index (κ2) is 14.0. The number of hydrazine groups is 1. The van der Waals surface area contributed by atoms with Gasteiger partial charge in [-0.2, -0.15) is 0 Å². The first kappa shape index (κ1) is 28.4. The van der Waals surface area contributed by atoms with E-state index in [4.69, 9.17) is 20.1 Å². The van der Waals surface area contributed by atoms with Gasteiger partial charge >= 0.3 is 0 Å². The summed E-state index contributed by atoms with van der Waals surface area (Å²) in [6.07, 6.45) is 2.72. The molecular weight excluding hydrogens is 474 g/mol. The third-order valence-corrected chi connectivity index (χ3v) is 6.87. The number of ether oxygens (including phenoxy) is 3. The molecule has 2 atom stereocenters. The molecule has 9 heteroatoms. The van der Waals surface area contributed by atoms with Crippen LogP contribution in [0, 0.1) is 0 Å². The number of carbonyl (C=O) groups is 2. The zero-order chi connectivity index (χ0) is 26.8. The summed E-state index contributed by atoms with van der Waals surface area (Å²) < 4.78 is 15.9. The highest BCUT2D eigenvalue weighted by Gasteiger charge is 2.33. The van der Waals surface area contributed by atoms with Crippen molar-refractivity contribution in [1.29, 1.82) is 0 Å². The molecule has 0 saturated carbocycles. The lowest BCUT2D eigenvalue weighted by molar-refractivity contribution is -0.137. The van der Waals surface area contributed by atoms with Crippen LogP contribution in [-0.2, 0) is 4.79 Å². The first-order valence-corrected chi connectivity index (χ1v) is 12.7. The number of ketones is 1. The van der Waals surface area contributed by atoms with Crippen LogP contribution >= 0.6 is 0 Å². The Morgan fingerprint density at radius 2 is 1.57 bits per heavy atom. The van der Waals surface area contributed by atoms with Gasteiger partial charge in [0, 0.05) is 36.6 Å². The molecule has 1 aliphatic heterocycles. The summed E-state index contributed by atoms with van der Waals surface area (Å²) in [6, 6.07) is 11.5. The molecule has 1 saturated heterocycles. The molecule has 0 spiro atoms. The van der Waals surface area contributed by atoms with Crippen molar-refractivity contribution in [1.82, 2.24) is 9.91 Å². The fourth-order valence-corrected chi connectivity index (χ4v) is 4.64. The number of benzene rings is 2. The number of amides is 1. The normalized spacial score (nSPS) is 15.2. The average Bonchev–Trinajstić information content (AvgIpc) is 3.46. The maximum atomic E-state index is 13.1. The van der Waals surface area contributed by atoms with Crippen LogP contribution in [-0.4, -0.2) is 73.7 Å². The predicted molar refractivity (Wildman–Crippen MR) is 141 cm³/mol. The monoisotopic (exact) mass is 513 g/mol. The van der Waals surface area contributed by atoms with E-state index >= 15 is 0 Å². The maximum absolute atomic E-state index is 13.1. The Labute approximate surface area is 219 Å². The summed E-state index contributed by atoms with van der Waals surface area (Å²) in [6.45, 7) is 2.26. The zero-order valence-electron chi connectivity index (χ0n) is 22.0. The summed E-state index contributed by atoms with van der Waals surface area (Å²) in [5.74, 6) is 7.86. The maximum Gasteiger partial charge on any atom is 0.236 e. The fraction of sp³-hybridized carbons (Fsp3) is 0.500. The van der Waals surface area contributed by atoms with E-state index in [0.29, 0.717) is 54.2 Å². The Morgan fingerprint density at radius 3 is 2.19 bits per heavy atom. The topological polar surface area (TPSA) is 115 Å². The van der Waals surface area contributed by atoms with E-state index < -0.39 is 12.1 Å². The molecule has 0 unspecified atom stereocenters. The van der Waals surface area contributed by atoms with Crippen LogP contribution in [0.5, 0.6) is 17.2 Å². The van der Waals surface area contributed by atoms with Gasteiger partial charge < -0.3 is 24.2 Å². The highest BCUT2D eigenvalue weighted by molar-refractivity contribution is 5.96. The molecule has 0 bridgehead atoms. The summed E-state index contributed by atoms with van der Waals surface area (Å²) in [5, 5.41) is 12.5. The van der Waals surface area contributed by atoms with Crippen molar-refractivity contribution in [2.24, 2.45) is 5.84 Å². The number of hydrogen-bond donors (Lipinski definition) is 2. The second-order valence-electron chi connectivity index (χ2n) is 9.29. The molecule has 3 N–H and O–H groups in total. The van der Waals surface area contributed by atoms with E-state index in [9.17, 15) is 14.7 Å². The summed E-state index contributed by atoms with van der Waals surface area (Å²) in [4.78, 5) is 27.7. The molecule has 9 nitrogen and oxygen atoms in total. The smallest absolute Gasteiger partial charge is 0.236 e. The standard InChI is InChI=1S/C28H39N3O6/c1-35-21-12-10-20(11-13-21)25(32)8-4-5-9-27(33)31(29)24(19-30-16-6-7-17-30)28(34)23-15-14-22(36-2)18-26(23)37-3/h10-15,18,24,28,34H,4-9,16-17,19,29H2,1-3H3/t24-,28-/m1/s1. The van der Waals surface area contributed by atoms with Gasteiger partial charge in [0.05, 0.1) is 27.4 Å². The zero-order valence-corrected chi connectivity index (χ0v) is 22.0. The lowest BCUT2D eigenvalue weighted by Crippen LogP contribution is -2.53. The van der Waals surface area contributed by atoms with Crippen LogP contribution in [0.25, 0.3) is 0 Å². The van der Waals surface area contributed by atoms with Gasteiger partial charge in [0.25, 0.3) is 0 Å². The van der Waals surface area contributed by atoms with E-state index in [2.05, 4.69) is 4.90 Å². The van der Waals surface area contributed by atoms with Crippen LogP contribution in [0.4, 0.5) is 0 Å². The largest absolute Gasteiger partial charge is 0.497 e. The highest BCUT2D eigenvalue weighted by atomic mass is 16.5. The van der Waals surface area contributed by atoms with Crippen LogP contribution in [0.1, 0.15) is 60.6 Å². The van der Waals surface area contributed by atoms with Crippen LogP contribution in [0.3, 0.4) is 0 Å². The number of likely N-dealkylation sites (tertiary alicyclic amines) is 1. The molecule has 2 aromatic carbocycles. The molecule has 0 aromatic heterocycles. The Hall–Kier alpha value is -3.14. The second-order valence-corrected chi connectivity index (χ2v) is 9.29. The molecule has 2 aromatic rings. The third kappa shape index (κ3) is 7.67. The van der Waals surface area contributed by atoms with E-state index in [1.54, 1.807) is 56.7 Å². The molecule has 37 heavy (non-hydrogen) atoms. The van der Waals surface area contributed by atoms with E-state index in [1.807, 2.05) is 0 Å². The highest BCUT2D eigenvalue weighted by Crippen LogP contribution is 2.33. The number of carbonyl (C=O) groups excluding carboxylic acids is 2. The Morgan fingerprint density at radius 1 is 0.946 bits per heavy atom. The van der Waals surface area contributed by atoms with Crippen molar-refractivity contribution in [3.63, 3.8) is 0 Å². The molecular formula is C28H39N3O6. The quantitative estimate of drug-likeness (QED) is 0.130. The Kier molecular flexibility index (Phi) is 10.7. The van der Waals surface area contributed by atoms with Crippen molar-refractivity contribution in [3.8, 4) is 17.2 Å².